The fourth-order valence-corrected chi connectivity index (χ4v) is 6.49. The van der Waals surface area contributed by atoms with E-state index in [0.29, 0.717) is 5.92 Å². The number of hydrogen-bond acceptors (Lipinski definition) is 3. The van der Waals surface area contributed by atoms with Crippen LogP contribution in [0.1, 0.15) is 45.1 Å². The van der Waals surface area contributed by atoms with E-state index in [0.717, 1.165) is 37.1 Å². The van der Waals surface area contributed by atoms with Gasteiger partial charge in [-0.2, -0.15) is 0 Å². The highest BCUT2D eigenvalue weighted by Gasteiger charge is 2.63. The number of halogens is 1. The summed E-state index contributed by atoms with van der Waals surface area (Å²) >= 11 is 2.35. The molecule has 3 fully saturated rings. The van der Waals surface area contributed by atoms with E-state index in [1.165, 1.54) is 22.0 Å². The molecule has 0 spiro atoms. The molecule has 0 amide bonds. The molecule has 4 heteroatoms. The Morgan fingerprint density at radius 2 is 1.92 bits per heavy atom. The van der Waals surface area contributed by atoms with Crippen LogP contribution < -0.4 is 5.32 Å². The highest BCUT2D eigenvalue weighted by atomic mass is 127. The fourth-order valence-electron chi connectivity index (χ4n) is 6.13. The molecule has 6 unspecified atom stereocenters. The third-order valence-corrected chi connectivity index (χ3v) is 8.13. The number of rotatable bonds is 5. The predicted octanol–water partition coefficient (Wildman–Crippen LogP) is 4.38. The molecule has 0 heterocycles. The Hall–Kier alpha value is -0.620. The minimum atomic E-state index is -0.165. The zero-order valence-electron chi connectivity index (χ0n) is 16.0. The topological polar surface area (TPSA) is 38.3 Å². The molecule has 0 aromatic heterocycles. The van der Waals surface area contributed by atoms with Crippen LogP contribution in [0.15, 0.2) is 24.3 Å². The molecule has 7 atom stereocenters. The van der Waals surface area contributed by atoms with Crippen molar-refractivity contribution in [1.82, 2.24) is 5.32 Å². The number of ether oxygens (including phenoxy) is 1. The summed E-state index contributed by atoms with van der Waals surface area (Å²) in [4.78, 5) is 13.0. The lowest BCUT2D eigenvalue weighted by Crippen LogP contribution is -2.59. The number of fused-ring (bicyclic) bond motifs is 3. The molecule has 3 nitrogen and oxygen atoms in total. The summed E-state index contributed by atoms with van der Waals surface area (Å²) in [7, 11) is 1.55. The summed E-state index contributed by atoms with van der Waals surface area (Å²) in [5.41, 5.74) is 1.13. The van der Waals surface area contributed by atoms with Gasteiger partial charge in [-0.05, 0) is 96.2 Å². The van der Waals surface area contributed by atoms with Crippen LogP contribution in [0.2, 0.25) is 0 Å². The van der Waals surface area contributed by atoms with Crippen LogP contribution in [0.5, 0.6) is 0 Å². The minimum Gasteiger partial charge on any atom is -0.469 e. The van der Waals surface area contributed by atoms with E-state index in [2.05, 4.69) is 66.0 Å². The number of benzene rings is 1. The molecule has 3 saturated carbocycles. The first-order chi connectivity index (χ1) is 12.5. The minimum absolute atomic E-state index is 0.0429. The second kappa shape index (κ2) is 7.08. The average molecular weight is 467 g/mol. The van der Waals surface area contributed by atoms with Crippen molar-refractivity contribution < 1.29 is 9.53 Å². The lowest BCUT2D eigenvalue weighted by molar-refractivity contribution is -0.153. The van der Waals surface area contributed by atoms with Gasteiger partial charge in [-0.15, -0.1) is 0 Å². The molecule has 3 aliphatic rings. The summed E-state index contributed by atoms with van der Waals surface area (Å²) < 4.78 is 6.58. The highest BCUT2D eigenvalue weighted by Crippen LogP contribution is 2.65. The first-order valence-corrected chi connectivity index (χ1v) is 11.1. The normalized spacial score (nSPS) is 40.6. The summed E-state index contributed by atoms with van der Waals surface area (Å²) in [6, 6.07) is 9.04. The second-order valence-electron chi connectivity index (χ2n) is 8.83. The second-order valence-corrected chi connectivity index (χ2v) is 10.1. The van der Waals surface area contributed by atoms with Gasteiger partial charge in [-0.1, -0.05) is 26.0 Å². The number of carbonyl (C=O) groups excluding carboxylic acids is 1. The quantitative estimate of drug-likeness (QED) is 0.516. The van der Waals surface area contributed by atoms with Gasteiger partial charge >= 0.3 is 5.97 Å². The number of hydrogen-bond donors (Lipinski definition) is 1. The number of carbonyl (C=O) groups is 1. The van der Waals surface area contributed by atoms with E-state index < -0.39 is 0 Å². The molecule has 1 aromatic rings. The van der Waals surface area contributed by atoms with Gasteiger partial charge in [0.1, 0.15) is 0 Å². The van der Waals surface area contributed by atoms with Gasteiger partial charge < -0.3 is 10.1 Å². The third kappa shape index (κ3) is 3.01. The standard InChI is InChI=1S/C22H30INO2/c1-4-9-24-20-17-11-13-10-16(13)18(17)12-22(2,19(20)21(25)26-3)14-5-7-15(23)8-6-14/h5-8,13,16-20,24H,4,9-12H2,1-3H3/t13?,16-,17?,18?,19?,20?,22?/m1/s1. The van der Waals surface area contributed by atoms with E-state index in [1.54, 1.807) is 7.11 Å². The zero-order chi connectivity index (χ0) is 18.5. The molecule has 0 bridgehead atoms. The lowest BCUT2D eigenvalue weighted by Gasteiger charge is -2.51. The highest BCUT2D eigenvalue weighted by molar-refractivity contribution is 14.1. The van der Waals surface area contributed by atoms with Crippen molar-refractivity contribution in [3.8, 4) is 0 Å². The summed E-state index contributed by atoms with van der Waals surface area (Å²) in [6.45, 7) is 5.48. The van der Waals surface area contributed by atoms with Crippen molar-refractivity contribution >= 4 is 28.6 Å². The summed E-state index contributed by atoms with van der Waals surface area (Å²) in [5, 5.41) is 3.78. The SMILES string of the molecule is CCCNC1C2CC3C[C@H]3C2CC(C)(c2ccc(I)cc2)C1C(=O)OC. The van der Waals surface area contributed by atoms with Gasteiger partial charge in [-0.3, -0.25) is 4.79 Å². The van der Waals surface area contributed by atoms with Crippen LogP contribution in [-0.4, -0.2) is 25.7 Å². The Labute approximate surface area is 170 Å². The van der Waals surface area contributed by atoms with Crippen LogP contribution >= 0.6 is 22.6 Å². The van der Waals surface area contributed by atoms with Crippen molar-refractivity contribution in [2.24, 2.45) is 29.6 Å². The Morgan fingerprint density at radius 3 is 2.58 bits per heavy atom. The average Bonchev–Trinajstić information content (AvgIpc) is 3.32. The zero-order valence-corrected chi connectivity index (χ0v) is 18.2. The van der Waals surface area contributed by atoms with E-state index >= 15 is 0 Å². The van der Waals surface area contributed by atoms with E-state index in [1.807, 2.05) is 0 Å². The van der Waals surface area contributed by atoms with Crippen molar-refractivity contribution in [2.45, 2.75) is 51.0 Å². The summed E-state index contributed by atoms with van der Waals surface area (Å²) in [5.74, 6) is 3.03. The van der Waals surface area contributed by atoms with E-state index in [4.69, 9.17) is 4.74 Å². The Bertz CT molecular complexity index is 675. The van der Waals surface area contributed by atoms with E-state index in [-0.39, 0.29) is 23.3 Å². The molecule has 4 rings (SSSR count). The van der Waals surface area contributed by atoms with Crippen molar-refractivity contribution in [3.63, 3.8) is 0 Å². The Balaban J connectivity index is 1.76. The first kappa shape index (κ1) is 18.7. The van der Waals surface area contributed by atoms with Crippen molar-refractivity contribution in [1.29, 1.82) is 0 Å². The van der Waals surface area contributed by atoms with Crippen molar-refractivity contribution in [3.05, 3.63) is 33.4 Å². The maximum absolute atomic E-state index is 13.0. The smallest absolute Gasteiger partial charge is 0.311 e. The molecule has 0 radical (unpaired) electrons. The predicted molar refractivity (Wildman–Crippen MR) is 112 cm³/mol. The number of nitrogens with one attached hydrogen (secondary N) is 1. The molecule has 0 saturated heterocycles. The van der Waals surface area contributed by atoms with Gasteiger partial charge in [0.25, 0.3) is 0 Å². The third-order valence-electron chi connectivity index (χ3n) is 7.41. The van der Waals surface area contributed by atoms with Crippen LogP contribution in [-0.2, 0) is 14.9 Å². The maximum atomic E-state index is 13.0. The van der Waals surface area contributed by atoms with Crippen LogP contribution in [0.3, 0.4) is 0 Å². The molecule has 26 heavy (non-hydrogen) atoms. The van der Waals surface area contributed by atoms with Gasteiger partial charge in [-0.25, -0.2) is 0 Å². The lowest BCUT2D eigenvalue weighted by atomic mass is 9.55. The number of esters is 1. The van der Waals surface area contributed by atoms with Gasteiger partial charge in [0.2, 0.25) is 0 Å². The molecule has 3 aliphatic carbocycles. The van der Waals surface area contributed by atoms with Crippen LogP contribution in [0.4, 0.5) is 0 Å². The van der Waals surface area contributed by atoms with Crippen LogP contribution in [0.25, 0.3) is 0 Å². The molecular weight excluding hydrogens is 437 g/mol. The van der Waals surface area contributed by atoms with Gasteiger partial charge in [0.15, 0.2) is 0 Å². The van der Waals surface area contributed by atoms with Crippen molar-refractivity contribution in [2.75, 3.05) is 13.7 Å². The van der Waals surface area contributed by atoms with E-state index in [9.17, 15) is 4.79 Å². The Kier molecular flexibility index (Phi) is 5.10. The molecule has 0 aliphatic heterocycles. The Morgan fingerprint density at radius 1 is 1.23 bits per heavy atom. The largest absolute Gasteiger partial charge is 0.469 e. The monoisotopic (exact) mass is 467 g/mol. The van der Waals surface area contributed by atoms with Gasteiger partial charge in [0, 0.05) is 15.0 Å². The molecule has 1 aromatic carbocycles. The molecule has 142 valence electrons. The van der Waals surface area contributed by atoms with Crippen LogP contribution in [0, 0.1) is 33.2 Å². The molecule has 1 N–H and O–H groups in total. The van der Waals surface area contributed by atoms with Gasteiger partial charge in [0.05, 0.1) is 13.0 Å². The first-order valence-electron chi connectivity index (χ1n) is 10.1. The number of methoxy groups -OCH3 is 1. The fraction of sp³-hybridized carbons (Fsp3) is 0.682. The summed E-state index contributed by atoms with van der Waals surface area (Å²) in [6.07, 6.45) is 4.92. The molecular formula is C22H30INO2. The maximum Gasteiger partial charge on any atom is 0.311 e.